The quantitative estimate of drug-likeness (QED) is 0.387. The first-order valence-electron chi connectivity index (χ1n) is 16.9. The monoisotopic (exact) mass is 645 g/mol. The lowest BCUT2D eigenvalue weighted by Gasteiger charge is -2.37. The highest BCUT2D eigenvalue weighted by molar-refractivity contribution is 6.31. The highest BCUT2D eigenvalue weighted by Crippen LogP contribution is 2.49. The lowest BCUT2D eigenvalue weighted by atomic mass is 9.87. The standard InChI is InChI=1S/C35H44ClN7O3/c1-22-16-34(11-6-14-42(34)18-22)21-45-33-37-28-17-35(12-10-24-26(35)8-5-9-27(24)36)46-20-25(28)31(38-33)41-13-7-15-43-29(19-41)23(2)30(39-43)32(44)40(3)4/h5,8-9,22H,6-7,10-21H2,1-4H3/t22-,34+,35+/m1/s1. The third-order valence-electron chi connectivity index (χ3n) is 11.2. The van der Waals surface area contributed by atoms with Crippen molar-refractivity contribution in [3.05, 3.63) is 62.6 Å². The maximum absolute atomic E-state index is 12.9. The Hall–Kier alpha value is -3.21. The Labute approximate surface area is 276 Å². The molecule has 1 amide bonds. The van der Waals surface area contributed by atoms with Crippen molar-refractivity contribution in [3.8, 4) is 6.01 Å². The van der Waals surface area contributed by atoms with Crippen LogP contribution in [-0.4, -0.2) is 81.3 Å². The van der Waals surface area contributed by atoms with E-state index in [9.17, 15) is 4.79 Å². The Kier molecular flexibility index (Phi) is 7.34. The van der Waals surface area contributed by atoms with Crippen LogP contribution in [0.15, 0.2) is 18.2 Å². The second kappa shape index (κ2) is 11.2. The van der Waals surface area contributed by atoms with Crippen molar-refractivity contribution in [2.24, 2.45) is 5.92 Å². The van der Waals surface area contributed by atoms with E-state index in [4.69, 9.17) is 36.1 Å². The number of amides is 1. The average molecular weight is 646 g/mol. The van der Waals surface area contributed by atoms with Gasteiger partial charge < -0.3 is 19.3 Å². The van der Waals surface area contributed by atoms with Gasteiger partial charge in [0, 0.05) is 56.3 Å². The fourth-order valence-corrected chi connectivity index (χ4v) is 9.21. The molecule has 2 fully saturated rings. The number of aromatic nitrogens is 4. The fraction of sp³-hybridized carbons (Fsp3) is 0.600. The van der Waals surface area contributed by atoms with Crippen molar-refractivity contribution >= 4 is 23.3 Å². The summed E-state index contributed by atoms with van der Waals surface area (Å²) in [5.74, 6) is 1.47. The molecule has 1 spiro atoms. The third kappa shape index (κ3) is 4.82. The molecule has 5 aliphatic rings. The van der Waals surface area contributed by atoms with Crippen LogP contribution in [0, 0.1) is 12.8 Å². The van der Waals surface area contributed by atoms with Crippen molar-refractivity contribution in [2.75, 3.05) is 45.2 Å². The van der Waals surface area contributed by atoms with Crippen LogP contribution in [0.3, 0.4) is 0 Å². The number of halogens is 1. The van der Waals surface area contributed by atoms with Gasteiger partial charge in [0.05, 0.1) is 35.7 Å². The number of hydrogen-bond acceptors (Lipinski definition) is 8. The topological polar surface area (TPSA) is 88.9 Å². The van der Waals surface area contributed by atoms with E-state index in [2.05, 4.69) is 22.8 Å². The second-order valence-electron chi connectivity index (χ2n) is 14.5. The van der Waals surface area contributed by atoms with E-state index in [0.29, 0.717) is 43.8 Å². The highest BCUT2D eigenvalue weighted by Gasteiger charge is 2.48. The molecular formula is C35H44ClN7O3. The van der Waals surface area contributed by atoms with E-state index in [0.717, 1.165) is 91.6 Å². The zero-order chi connectivity index (χ0) is 31.8. The number of fused-ring (bicyclic) bond motifs is 5. The van der Waals surface area contributed by atoms with E-state index < -0.39 is 5.60 Å². The molecule has 244 valence electrons. The smallest absolute Gasteiger partial charge is 0.318 e. The van der Waals surface area contributed by atoms with E-state index in [-0.39, 0.29) is 11.4 Å². The van der Waals surface area contributed by atoms with Crippen LogP contribution >= 0.6 is 11.6 Å². The molecule has 0 saturated carbocycles. The summed E-state index contributed by atoms with van der Waals surface area (Å²) >= 11 is 6.65. The van der Waals surface area contributed by atoms with Gasteiger partial charge in [-0.1, -0.05) is 30.7 Å². The Balaban J connectivity index is 1.17. The summed E-state index contributed by atoms with van der Waals surface area (Å²) in [6.07, 6.45) is 6.84. The first-order valence-corrected chi connectivity index (χ1v) is 17.3. The second-order valence-corrected chi connectivity index (χ2v) is 14.9. The summed E-state index contributed by atoms with van der Waals surface area (Å²) in [5, 5.41) is 5.56. The molecule has 2 aromatic heterocycles. The van der Waals surface area contributed by atoms with Crippen LogP contribution in [0.2, 0.25) is 5.02 Å². The zero-order valence-corrected chi connectivity index (χ0v) is 28.2. The molecule has 8 rings (SSSR count). The Morgan fingerprint density at radius 2 is 2.02 bits per heavy atom. The van der Waals surface area contributed by atoms with Crippen LogP contribution in [0.4, 0.5) is 5.82 Å². The molecule has 2 saturated heterocycles. The zero-order valence-electron chi connectivity index (χ0n) is 27.4. The van der Waals surface area contributed by atoms with E-state index in [1.807, 2.05) is 23.7 Å². The summed E-state index contributed by atoms with van der Waals surface area (Å²) < 4.78 is 15.5. The van der Waals surface area contributed by atoms with Crippen molar-refractivity contribution < 1.29 is 14.3 Å². The van der Waals surface area contributed by atoms with Gasteiger partial charge >= 0.3 is 6.01 Å². The molecular weight excluding hydrogens is 602 g/mol. The van der Waals surface area contributed by atoms with Crippen LogP contribution < -0.4 is 9.64 Å². The van der Waals surface area contributed by atoms with Crippen molar-refractivity contribution in [3.63, 3.8) is 0 Å². The van der Waals surface area contributed by atoms with E-state index >= 15 is 0 Å². The Morgan fingerprint density at radius 1 is 1.15 bits per heavy atom. The molecule has 6 heterocycles. The Bertz CT molecular complexity index is 1710. The number of rotatable bonds is 5. The third-order valence-corrected chi connectivity index (χ3v) is 11.6. The molecule has 1 aliphatic carbocycles. The van der Waals surface area contributed by atoms with Crippen molar-refractivity contribution in [1.82, 2.24) is 29.5 Å². The molecule has 0 bridgehead atoms. The molecule has 46 heavy (non-hydrogen) atoms. The summed E-state index contributed by atoms with van der Waals surface area (Å²) in [4.78, 5) is 29.8. The maximum atomic E-state index is 12.9. The largest absolute Gasteiger partial charge is 0.461 e. The van der Waals surface area contributed by atoms with Gasteiger partial charge in [-0.2, -0.15) is 15.1 Å². The molecule has 10 nitrogen and oxygen atoms in total. The van der Waals surface area contributed by atoms with Gasteiger partial charge in [0.15, 0.2) is 5.69 Å². The predicted molar refractivity (Wildman–Crippen MR) is 175 cm³/mol. The van der Waals surface area contributed by atoms with Crippen LogP contribution in [0.5, 0.6) is 6.01 Å². The van der Waals surface area contributed by atoms with Crippen LogP contribution in [-0.2, 0) is 42.9 Å². The molecule has 11 heteroatoms. The minimum absolute atomic E-state index is 0.0723. The first kappa shape index (κ1) is 30.1. The maximum Gasteiger partial charge on any atom is 0.318 e. The summed E-state index contributed by atoms with van der Waals surface area (Å²) in [6, 6.07) is 6.62. The van der Waals surface area contributed by atoms with Gasteiger partial charge in [-0.15, -0.1) is 0 Å². The van der Waals surface area contributed by atoms with Gasteiger partial charge in [0.2, 0.25) is 0 Å². The summed E-state index contributed by atoms with van der Waals surface area (Å²) in [7, 11) is 3.54. The highest BCUT2D eigenvalue weighted by atomic mass is 35.5. The average Bonchev–Trinajstić information content (AvgIpc) is 3.71. The fourth-order valence-electron chi connectivity index (χ4n) is 8.94. The summed E-state index contributed by atoms with van der Waals surface area (Å²) in [5.41, 5.74) is 6.51. The molecule has 0 N–H and O–H groups in total. The van der Waals surface area contributed by atoms with E-state index in [1.54, 1.807) is 19.0 Å². The van der Waals surface area contributed by atoms with E-state index in [1.165, 1.54) is 17.5 Å². The van der Waals surface area contributed by atoms with Gasteiger partial charge in [0.25, 0.3) is 5.91 Å². The van der Waals surface area contributed by atoms with Gasteiger partial charge in [-0.25, -0.2) is 0 Å². The molecule has 0 radical (unpaired) electrons. The predicted octanol–water partition coefficient (Wildman–Crippen LogP) is 4.91. The van der Waals surface area contributed by atoms with Crippen molar-refractivity contribution in [1.29, 1.82) is 0 Å². The number of carbonyl (C=O) groups is 1. The lowest BCUT2D eigenvalue weighted by Crippen LogP contribution is -2.43. The number of hydrogen-bond donors (Lipinski definition) is 0. The minimum Gasteiger partial charge on any atom is -0.461 e. The van der Waals surface area contributed by atoms with Crippen LogP contribution in [0.1, 0.15) is 83.2 Å². The molecule has 1 aromatic carbocycles. The van der Waals surface area contributed by atoms with Gasteiger partial charge in [-0.3, -0.25) is 14.4 Å². The van der Waals surface area contributed by atoms with Crippen molar-refractivity contribution in [2.45, 2.75) is 89.6 Å². The van der Waals surface area contributed by atoms with Crippen LogP contribution in [0.25, 0.3) is 0 Å². The SMILES string of the molecule is Cc1c(C(=O)N(C)C)nn2c1CN(c1nc(OC[C@@]34CCCN3C[C@H](C)C4)nc3c1CO[C@@]1(CCc4c(Cl)cccc41)C3)CCC2. The molecule has 0 unspecified atom stereocenters. The normalized spacial score (nSPS) is 26.9. The van der Waals surface area contributed by atoms with Gasteiger partial charge in [-0.05, 0) is 75.1 Å². The number of aryl methyl sites for hydroxylation is 1. The minimum atomic E-state index is -0.451. The number of benzene rings is 1. The number of anilines is 1. The number of nitrogens with zero attached hydrogens (tertiary/aromatic N) is 7. The summed E-state index contributed by atoms with van der Waals surface area (Å²) in [6.45, 7) is 9.82. The number of ether oxygens (including phenoxy) is 2. The Morgan fingerprint density at radius 3 is 2.87 bits per heavy atom. The molecule has 4 aliphatic heterocycles. The molecule has 3 atom stereocenters. The van der Waals surface area contributed by atoms with Gasteiger partial charge in [0.1, 0.15) is 12.4 Å². The first-order chi connectivity index (χ1) is 22.2. The molecule has 3 aromatic rings. The lowest BCUT2D eigenvalue weighted by molar-refractivity contribution is -0.0730. The number of carbonyl (C=O) groups excluding carboxylic acids is 1.